The highest BCUT2D eigenvalue weighted by atomic mass is 35.5. The van der Waals surface area contributed by atoms with E-state index < -0.39 is 17.7 Å². The molecule has 0 unspecified atom stereocenters. The normalized spacial score (nSPS) is 18.5. The van der Waals surface area contributed by atoms with Crippen LogP contribution in [0.3, 0.4) is 0 Å². The van der Waals surface area contributed by atoms with Gasteiger partial charge in [-0.15, -0.1) is 0 Å². The standard InChI is InChI=1S/C21H20ClNO5/c1-2-28-16-9-5-14(6-10-16)19(25)17-18(13-3-7-15(22)8-4-13)23(11-12-24)21(27)20(17)26/h3-10,18,24-25H,2,11-12H2,1H3/t18-/m0/s1. The van der Waals surface area contributed by atoms with E-state index in [1.54, 1.807) is 48.5 Å². The smallest absolute Gasteiger partial charge is 0.295 e. The summed E-state index contributed by atoms with van der Waals surface area (Å²) in [6.07, 6.45) is 0. The molecule has 2 N–H and O–H groups in total. The lowest BCUT2D eigenvalue weighted by Gasteiger charge is -2.24. The van der Waals surface area contributed by atoms with Crippen LogP contribution in [0.5, 0.6) is 5.75 Å². The molecule has 0 saturated carbocycles. The molecule has 2 aromatic rings. The van der Waals surface area contributed by atoms with E-state index in [9.17, 15) is 19.8 Å². The van der Waals surface area contributed by atoms with E-state index in [0.29, 0.717) is 28.5 Å². The number of β-amino-alcohol motifs (C(OH)–C–C–N with tert-alkyl or cyclic N) is 1. The second-order valence-corrected chi connectivity index (χ2v) is 6.66. The fourth-order valence-corrected chi connectivity index (χ4v) is 3.37. The van der Waals surface area contributed by atoms with Crippen LogP contribution in [0.15, 0.2) is 54.1 Å². The quantitative estimate of drug-likeness (QED) is 0.441. The molecule has 0 radical (unpaired) electrons. The first kappa shape index (κ1) is 19.9. The van der Waals surface area contributed by atoms with Gasteiger partial charge < -0.3 is 19.8 Å². The molecule has 0 spiro atoms. The van der Waals surface area contributed by atoms with Crippen molar-refractivity contribution in [2.24, 2.45) is 0 Å². The number of benzene rings is 2. The van der Waals surface area contributed by atoms with Crippen LogP contribution in [0.4, 0.5) is 0 Å². The minimum Gasteiger partial charge on any atom is -0.507 e. The Bertz CT molecular complexity index is 905. The third kappa shape index (κ3) is 3.74. The van der Waals surface area contributed by atoms with E-state index in [0.717, 1.165) is 0 Å². The van der Waals surface area contributed by atoms with Gasteiger partial charge in [0.25, 0.3) is 11.7 Å². The SMILES string of the molecule is CCOc1ccc(C(O)=C2C(=O)C(=O)N(CCO)[C@H]2c2ccc(Cl)cc2)cc1. The van der Waals surface area contributed by atoms with Crippen LogP contribution >= 0.6 is 11.6 Å². The molecule has 0 bridgehead atoms. The zero-order valence-corrected chi connectivity index (χ0v) is 16.0. The average molecular weight is 402 g/mol. The van der Waals surface area contributed by atoms with Gasteiger partial charge in [0.15, 0.2) is 0 Å². The number of carbonyl (C=O) groups excluding carboxylic acids is 2. The maximum absolute atomic E-state index is 12.7. The molecular formula is C21H20ClNO5. The minimum atomic E-state index is -0.809. The van der Waals surface area contributed by atoms with Crippen molar-refractivity contribution >= 4 is 29.1 Å². The Morgan fingerprint density at radius 2 is 1.75 bits per heavy atom. The van der Waals surface area contributed by atoms with Gasteiger partial charge in [0.2, 0.25) is 0 Å². The molecule has 0 aliphatic carbocycles. The van der Waals surface area contributed by atoms with Gasteiger partial charge in [0.05, 0.1) is 24.8 Å². The highest BCUT2D eigenvalue weighted by Gasteiger charge is 2.45. The van der Waals surface area contributed by atoms with Crippen LogP contribution in [0.1, 0.15) is 24.1 Å². The van der Waals surface area contributed by atoms with Gasteiger partial charge in [-0.2, -0.15) is 0 Å². The van der Waals surface area contributed by atoms with Crippen molar-refractivity contribution in [3.63, 3.8) is 0 Å². The summed E-state index contributed by atoms with van der Waals surface area (Å²) in [5.74, 6) is -1.20. The summed E-state index contributed by atoms with van der Waals surface area (Å²) in [5.41, 5.74) is 0.985. The van der Waals surface area contributed by atoms with Gasteiger partial charge in [-0.05, 0) is 48.9 Å². The van der Waals surface area contributed by atoms with Crippen molar-refractivity contribution in [1.29, 1.82) is 0 Å². The van der Waals surface area contributed by atoms with Crippen molar-refractivity contribution in [2.75, 3.05) is 19.8 Å². The number of likely N-dealkylation sites (tertiary alicyclic amines) is 1. The van der Waals surface area contributed by atoms with Crippen molar-refractivity contribution in [3.05, 3.63) is 70.3 Å². The molecule has 1 aliphatic rings. The number of carbonyl (C=O) groups is 2. The predicted octanol–water partition coefficient (Wildman–Crippen LogP) is 3.15. The Labute approximate surface area is 167 Å². The van der Waals surface area contributed by atoms with Gasteiger partial charge in [0.1, 0.15) is 11.5 Å². The van der Waals surface area contributed by atoms with Crippen molar-refractivity contribution in [1.82, 2.24) is 4.90 Å². The van der Waals surface area contributed by atoms with Crippen LogP contribution in [-0.2, 0) is 9.59 Å². The molecule has 1 fully saturated rings. The fourth-order valence-electron chi connectivity index (χ4n) is 3.24. The molecule has 3 rings (SSSR count). The molecule has 1 heterocycles. The van der Waals surface area contributed by atoms with Gasteiger partial charge in [0, 0.05) is 17.1 Å². The van der Waals surface area contributed by atoms with E-state index in [1.165, 1.54) is 4.90 Å². The maximum Gasteiger partial charge on any atom is 0.295 e. The first-order chi connectivity index (χ1) is 13.5. The number of Topliss-reactive ketones (excluding diaryl/α,β-unsaturated/α-hetero) is 1. The number of hydrogen-bond donors (Lipinski definition) is 2. The molecule has 28 heavy (non-hydrogen) atoms. The molecular weight excluding hydrogens is 382 g/mol. The Kier molecular flexibility index (Phi) is 6.02. The van der Waals surface area contributed by atoms with Gasteiger partial charge >= 0.3 is 0 Å². The summed E-state index contributed by atoms with van der Waals surface area (Å²) in [6.45, 7) is 2.04. The Morgan fingerprint density at radius 1 is 1.11 bits per heavy atom. The summed E-state index contributed by atoms with van der Waals surface area (Å²) in [6, 6.07) is 12.5. The van der Waals surface area contributed by atoms with Gasteiger partial charge in [-0.25, -0.2) is 0 Å². The van der Waals surface area contributed by atoms with Crippen molar-refractivity contribution < 1.29 is 24.5 Å². The highest BCUT2D eigenvalue weighted by Crippen LogP contribution is 2.39. The predicted molar refractivity (Wildman–Crippen MR) is 105 cm³/mol. The number of nitrogens with zero attached hydrogens (tertiary/aromatic N) is 1. The van der Waals surface area contributed by atoms with E-state index in [1.807, 2.05) is 6.92 Å². The van der Waals surface area contributed by atoms with E-state index in [-0.39, 0.29) is 24.5 Å². The molecule has 0 aromatic heterocycles. The fraction of sp³-hybridized carbons (Fsp3) is 0.238. The molecule has 1 atom stereocenters. The van der Waals surface area contributed by atoms with Crippen LogP contribution in [0.2, 0.25) is 5.02 Å². The number of halogens is 1. The monoisotopic (exact) mass is 401 g/mol. The van der Waals surface area contributed by atoms with Crippen LogP contribution in [0.25, 0.3) is 5.76 Å². The molecule has 1 amide bonds. The number of ether oxygens (including phenoxy) is 1. The lowest BCUT2D eigenvalue weighted by atomic mass is 9.95. The maximum atomic E-state index is 12.7. The van der Waals surface area contributed by atoms with Crippen molar-refractivity contribution in [3.8, 4) is 5.75 Å². The number of hydrogen-bond acceptors (Lipinski definition) is 5. The third-order valence-corrected chi connectivity index (χ3v) is 4.76. The minimum absolute atomic E-state index is 0.0232. The number of aliphatic hydroxyl groups excluding tert-OH is 2. The highest BCUT2D eigenvalue weighted by molar-refractivity contribution is 6.46. The van der Waals surface area contributed by atoms with E-state index >= 15 is 0 Å². The molecule has 2 aromatic carbocycles. The van der Waals surface area contributed by atoms with Gasteiger partial charge in [-0.1, -0.05) is 23.7 Å². The first-order valence-corrected chi connectivity index (χ1v) is 9.23. The zero-order valence-electron chi connectivity index (χ0n) is 15.3. The molecule has 1 saturated heterocycles. The summed E-state index contributed by atoms with van der Waals surface area (Å²) < 4.78 is 5.39. The first-order valence-electron chi connectivity index (χ1n) is 8.86. The summed E-state index contributed by atoms with van der Waals surface area (Å²) >= 11 is 5.95. The molecule has 6 nitrogen and oxygen atoms in total. The molecule has 7 heteroatoms. The zero-order chi connectivity index (χ0) is 20.3. The topological polar surface area (TPSA) is 87.1 Å². The Balaban J connectivity index is 2.10. The lowest BCUT2D eigenvalue weighted by molar-refractivity contribution is -0.140. The third-order valence-electron chi connectivity index (χ3n) is 4.51. The van der Waals surface area contributed by atoms with Crippen LogP contribution < -0.4 is 4.74 Å². The lowest BCUT2D eigenvalue weighted by Crippen LogP contribution is -2.32. The van der Waals surface area contributed by atoms with Crippen LogP contribution in [-0.4, -0.2) is 46.6 Å². The van der Waals surface area contributed by atoms with Crippen LogP contribution in [0, 0.1) is 0 Å². The average Bonchev–Trinajstić information content (AvgIpc) is 2.94. The Hall–Kier alpha value is -2.83. The van der Waals surface area contributed by atoms with Gasteiger partial charge in [-0.3, -0.25) is 9.59 Å². The number of amides is 1. The molecule has 146 valence electrons. The number of aliphatic hydroxyl groups is 2. The summed E-state index contributed by atoms with van der Waals surface area (Å²) in [4.78, 5) is 26.4. The number of ketones is 1. The van der Waals surface area contributed by atoms with E-state index in [4.69, 9.17) is 16.3 Å². The summed E-state index contributed by atoms with van der Waals surface area (Å²) in [7, 11) is 0. The van der Waals surface area contributed by atoms with Crippen molar-refractivity contribution in [2.45, 2.75) is 13.0 Å². The molecule has 1 aliphatic heterocycles. The van der Waals surface area contributed by atoms with E-state index in [2.05, 4.69) is 0 Å². The Morgan fingerprint density at radius 3 is 2.32 bits per heavy atom. The largest absolute Gasteiger partial charge is 0.507 e. The second-order valence-electron chi connectivity index (χ2n) is 6.23. The second kappa shape index (κ2) is 8.46. The summed E-state index contributed by atoms with van der Waals surface area (Å²) in [5, 5.41) is 20.7. The number of rotatable bonds is 6.